The summed E-state index contributed by atoms with van der Waals surface area (Å²) in [5.41, 5.74) is 1.17. The van der Waals surface area contributed by atoms with Crippen molar-refractivity contribution >= 4 is 27.3 Å². The molecule has 27 heavy (non-hydrogen) atoms. The first kappa shape index (κ1) is 17.2. The Hall–Kier alpha value is -3.24. The third-order valence-electron chi connectivity index (χ3n) is 3.67. The Morgan fingerprint density at radius 1 is 1.04 bits per heavy atom. The van der Waals surface area contributed by atoms with E-state index in [4.69, 9.17) is 11.6 Å². The second kappa shape index (κ2) is 6.82. The molecular weight excluding hydrogens is 390 g/mol. The number of sulfonamides is 1. The van der Waals surface area contributed by atoms with Crippen molar-refractivity contribution in [1.29, 1.82) is 0 Å². The predicted molar refractivity (Wildman–Crippen MR) is 98.5 cm³/mol. The zero-order valence-electron chi connectivity index (χ0n) is 13.6. The number of anilines is 1. The van der Waals surface area contributed by atoms with Crippen molar-refractivity contribution in [2.45, 2.75) is 5.03 Å². The number of nitrogens with one attached hydrogen (secondary N) is 1. The van der Waals surface area contributed by atoms with Crippen LogP contribution in [0.2, 0.25) is 5.02 Å². The number of nitrogens with zero attached hydrogens (tertiary/aromatic N) is 6. The lowest BCUT2D eigenvalue weighted by atomic mass is 10.3. The van der Waals surface area contributed by atoms with Gasteiger partial charge in [0.15, 0.2) is 5.03 Å². The van der Waals surface area contributed by atoms with Crippen molar-refractivity contribution in [3.63, 3.8) is 0 Å². The van der Waals surface area contributed by atoms with Gasteiger partial charge in [-0.25, -0.2) is 9.67 Å². The molecule has 136 valence electrons. The molecule has 0 aliphatic carbocycles. The highest BCUT2D eigenvalue weighted by Crippen LogP contribution is 2.29. The lowest BCUT2D eigenvalue weighted by Crippen LogP contribution is -2.18. The number of para-hydroxylation sites is 2. The maximum atomic E-state index is 13.0. The number of hydrogen-bond donors (Lipinski definition) is 1. The van der Waals surface area contributed by atoms with Gasteiger partial charge in [0.1, 0.15) is 18.3 Å². The third-order valence-corrected chi connectivity index (χ3v) is 5.30. The van der Waals surface area contributed by atoms with Crippen LogP contribution in [-0.2, 0) is 10.0 Å². The maximum absolute atomic E-state index is 13.0. The van der Waals surface area contributed by atoms with Gasteiger partial charge in [0.25, 0.3) is 10.0 Å². The summed E-state index contributed by atoms with van der Waals surface area (Å²) in [5.74, 6) is 0. The van der Waals surface area contributed by atoms with E-state index >= 15 is 0 Å². The largest absolute Gasteiger partial charge is 0.281 e. The van der Waals surface area contributed by atoms with Crippen LogP contribution in [0, 0.1) is 0 Å². The lowest BCUT2D eigenvalue weighted by Gasteiger charge is -2.14. The first-order valence-electron chi connectivity index (χ1n) is 7.69. The lowest BCUT2D eigenvalue weighted by molar-refractivity contribution is 0.590. The zero-order valence-corrected chi connectivity index (χ0v) is 15.2. The molecule has 2 aromatic heterocycles. The number of halogens is 1. The van der Waals surface area contributed by atoms with E-state index in [1.54, 1.807) is 42.5 Å². The van der Waals surface area contributed by atoms with Gasteiger partial charge in [-0.05, 0) is 24.3 Å². The van der Waals surface area contributed by atoms with E-state index in [0.717, 1.165) is 0 Å². The average molecular weight is 402 g/mol. The van der Waals surface area contributed by atoms with Crippen LogP contribution in [-0.4, -0.2) is 38.2 Å². The predicted octanol–water partition coefficient (Wildman–Crippen LogP) is 2.30. The van der Waals surface area contributed by atoms with Gasteiger partial charge in [0, 0.05) is 0 Å². The molecule has 0 fully saturated rings. The second-order valence-corrected chi connectivity index (χ2v) is 7.44. The molecule has 11 heteroatoms. The standard InChI is InChI=1S/C16H12ClN7O2S/c17-13-7-4-8-14(16(13)23-11-18-10-20-23)21-27(25,26)15-9-19-22-24(15)12-5-2-1-3-6-12/h1-11,21H. The summed E-state index contributed by atoms with van der Waals surface area (Å²) in [6.45, 7) is 0. The highest BCUT2D eigenvalue weighted by molar-refractivity contribution is 7.92. The fourth-order valence-electron chi connectivity index (χ4n) is 2.51. The van der Waals surface area contributed by atoms with Crippen LogP contribution < -0.4 is 4.72 Å². The van der Waals surface area contributed by atoms with Crippen LogP contribution in [0.1, 0.15) is 0 Å². The SMILES string of the molecule is O=S(=O)(Nc1cccc(Cl)c1-n1cncn1)c1cnnn1-c1ccccc1. The van der Waals surface area contributed by atoms with E-state index in [-0.39, 0.29) is 10.7 Å². The normalized spacial score (nSPS) is 11.4. The first-order chi connectivity index (χ1) is 13.1. The molecule has 4 aromatic rings. The molecule has 2 heterocycles. The van der Waals surface area contributed by atoms with Crippen molar-refractivity contribution in [1.82, 2.24) is 29.8 Å². The smallest absolute Gasteiger partial charge is 0.276 e. The third kappa shape index (κ3) is 3.27. The number of hydrogen-bond acceptors (Lipinski definition) is 6. The van der Waals surface area contributed by atoms with E-state index in [1.807, 2.05) is 6.07 Å². The summed E-state index contributed by atoms with van der Waals surface area (Å²) in [4.78, 5) is 3.87. The van der Waals surface area contributed by atoms with Gasteiger partial charge >= 0.3 is 0 Å². The Morgan fingerprint density at radius 2 is 1.85 bits per heavy atom. The van der Waals surface area contributed by atoms with E-state index in [1.165, 1.54) is 28.2 Å². The van der Waals surface area contributed by atoms with Crippen molar-refractivity contribution in [2.75, 3.05) is 4.72 Å². The average Bonchev–Trinajstić information content (AvgIpc) is 3.34. The maximum Gasteiger partial charge on any atom is 0.281 e. The molecule has 0 radical (unpaired) electrons. The molecule has 0 unspecified atom stereocenters. The van der Waals surface area contributed by atoms with Crippen molar-refractivity contribution in [3.8, 4) is 11.4 Å². The molecular formula is C16H12ClN7O2S. The molecule has 0 atom stereocenters. The summed E-state index contributed by atoms with van der Waals surface area (Å²) < 4.78 is 31.1. The number of aromatic nitrogens is 6. The molecule has 0 saturated heterocycles. The second-order valence-electron chi connectivity index (χ2n) is 5.40. The van der Waals surface area contributed by atoms with Crippen LogP contribution in [0.3, 0.4) is 0 Å². The van der Waals surface area contributed by atoms with Gasteiger partial charge in [-0.2, -0.15) is 18.2 Å². The van der Waals surface area contributed by atoms with Crippen LogP contribution in [0.5, 0.6) is 0 Å². The topological polar surface area (TPSA) is 108 Å². The molecule has 0 spiro atoms. The fraction of sp³-hybridized carbons (Fsp3) is 0. The minimum absolute atomic E-state index is 0.113. The Kier molecular flexibility index (Phi) is 4.34. The van der Waals surface area contributed by atoms with Crippen molar-refractivity contribution in [2.24, 2.45) is 0 Å². The van der Waals surface area contributed by atoms with E-state index in [0.29, 0.717) is 16.4 Å². The summed E-state index contributed by atoms with van der Waals surface area (Å²) in [5, 5.41) is 11.8. The fourth-order valence-corrected chi connectivity index (χ4v) is 3.88. The van der Waals surface area contributed by atoms with Gasteiger partial charge in [-0.3, -0.25) is 4.72 Å². The monoisotopic (exact) mass is 401 g/mol. The van der Waals surface area contributed by atoms with Gasteiger partial charge in [0.05, 0.1) is 22.6 Å². The van der Waals surface area contributed by atoms with E-state index in [9.17, 15) is 8.42 Å². The molecule has 4 rings (SSSR count). The highest BCUT2D eigenvalue weighted by atomic mass is 35.5. The zero-order chi connectivity index (χ0) is 18.9. The summed E-state index contributed by atoms with van der Waals surface area (Å²) >= 11 is 6.25. The summed E-state index contributed by atoms with van der Waals surface area (Å²) in [7, 11) is -4.01. The Balaban J connectivity index is 1.77. The minimum atomic E-state index is -4.01. The molecule has 0 amide bonds. The van der Waals surface area contributed by atoms with Crippen molar-refractivity contribution < 1.29 is 8.42 Å². The molecule has 0 saturated carbocycles. The quantitative estimate of drug-likeness (QED) is 0.549. The number of rotatable bonds is 5. The molecule has 2 aromatic carbocycles. The molecule has 0 bridgehead atoms. The molecule has 0 aliphatic heterocycles. The van der Waals surface area contributed by atoms with Gasteiger partial charge in [0.2, 0.25) is 0 Å². The van der Waals surface area contributed by atoms with E-state index < -0.39 is 10.0 Å². The van der Waals surface area contributed by atoms with Gasteiger partial charge in [-0.1, -0.05) is 41.1 Å². The van der Waals surface area contributed by atoms with Gasteiger partial charge < -0.3 is 0 Å². The molecule has 1 N–H and O–H groups in total. The summed E-state index contributed by atoms with van der Waals surface area (Å²) in [6, 6.07) is 13.7. The van der Waals surface area contributed by atoms with E-state index in [2.05, 4.69) is 25.1 Å². The van der Waals surface area contributed by atoms with Crippen LogP contribution in [0.25, 0.3) is 11.4 Å². The Bertz CT molecular complexity index is 1170. The minimum Gasteiger partial charge on any atom is -0.276 e. The Labute approximate surface area is 159 Å². The van der Waals surface area contributed by atoms with Crippen LogP contribution >= 0.6 is 11.6 Å². The number of benzene rings is 2. The van der Waals surface area contributed by atoms with Crippen molar-refractivity contribution in [3.05, 3.63) is 72.4 Å². The highest BCUT2D eigenvalue weighted by Gasteiger charge is 2.24. The molecule has 0 aliphatic rings. The summed E-state index contributed by atoms with van der Waals surface area (Å²) in [6.07, 6.45) is 3.93. The van der Waals surface area contributed by atoms with Gasteiger partial charge in [-0.15, -0.1) is 5.10 Å². The van der Waals surface area contributed by atoms with Crippen LogP contribution in [0.4, 0.5) is 5.69 Å². The molecule has 9 nitrogen and oxygen atoms in total. The first-order valence-corrected chi connectivity index (χ1v) is 9.55. The Morgan fingerprint density at radius 3 is 2.59 bits per heavy atom. The van der Waals surface area contributed by atoms with Crippen LogP contribution in [0.15, 0.2) is 72.4 Å².